The maximum absolute atomic E-state index is 11.5. The van der Waals surface area contributed by atoms with E-state index in [1.54, 1.807) is 30.9 Å². The van der Waals surface area contributed by atoms with Crippen molar-refractivity contribution in [3.05, 3.63) is 30.9 Å². The van der Waals surface area contributed by atoms with Crippen LogP contribution in [-0.2, 0) is 4.74 Å². The summed E-state index contributed by atoms with van der Waals surface area (Å²) >= 11 is 0. The molecule has 3 aromatic heterocycles. The van der Waals surface area contributed by atoms with E-state index in [1.165, 1.54) is 16.8 Å². The Hall–Kier alpha value is -3.87. The molecule has 1 aliphatic heterocycles. The van der Waals surface area contributed by atoms with Crippen molar-refractivity contribution in [2.45, 2.75) is 19.9 Å². The van der Waals surface area contributed by atoms with Crippen LogP contribution in [0.5, 0.6) is 5.75 Å². The zero-order chi connectivity index (χ0) is 23.4. The molecule has 4 rings (SSSR count). The van der Waals surface area contributed by atoms with E-state index in [2.05, 4.69) is 30.4 Å². The number of piperazine rings is 1. The Morgan fingerprint density at radius 3 is 2.61 bits per heavy atom. The third-order valence-electron chi connectivity index (χ3n) is 5.33. The Kier molecular flexibility index (Phi) is 6.58. The molecule has 0 saturated carbocycles. The second-order valence-corrected chi connectivity index (χ2v) is 7.79. The average Bonchev–Trinajstić information content (AvgIpc) is 3.37. The van der Waals surface area contributed by atoms with E-state index in [0.717, 1.165) is 0 Å². The van der Waals surface area contributed by atoms with Crippen LogP contribution in [0.25, 0.3) is 17.1 Å². The molecule has 3 aromatic rings. The molecule has 1 aliphatic rings. The van der Waals surface area contributed by atoms with Gasteiger partial charge in [-0.25, -0.2) is 14.8 Å². The summed E-state index contributed by atoms with van der Waals surface area (Å²) in [6.07, 6.45) is 5.40. The topological polar surface area (TPSA) is 145 Å². The molecule has 4 heterocycles. The van der Waals surface area contributed by atoms with Crippen LogP contribution in [0, 0.1) is 5.92 Å². The summed E-state index contributed by atoms with van der Waals surface area (Å²) in [5.74, 6) is 1.01. The summed E-state index contributed by atoms with van der Waals surface area (Å²) in [6.45, 7) is 5.39. The number of rotatable bonds is 7. The highest BCUT2D eigenvalue weighted by molar-refractivity contribution is 5.66. The summed E-state index contributed by atoms with van der Waals surface area (Å²) in [6, 6.07) is 1.58. The number of hydrogen-bond acceptors (Lipinski definition) is 10. The van der Waals surface area contributed by atoms with Crippen molar-refractivity contribution in [1.29, 1.82) is 0 Å². The Morgan fingerprint density at radius 1 is 1.18 bits per heavy atom. The predicted octanol–water partition coefficient (Wildman–Crippen LogP) is 1.32. The van der Waals surface area contributed by atoms with Crippen LogP contribution in [-0.4, -0.2) is 90.8 Å². The first-order chi connectivity index (χ1) is 16.0. The van der Waals surface area contributed by atoms with Gasteiger partial charge in [0.1, 0.15) is 17.1 Å². The first kappa shape index (κ1) is 22.3. The fourth-order valence-electron chi connectivity index (χ4n) is 3.64. The quantitative estimate of drug-likeness (QED) is 0.515. The molecule has 0 unspecified atom stereocenters. The molecule has 0 spiro atoms. The van der Waals surface area contributed by atoms with E-state index in [0.29, 0.717) is 48.4 Å². The lowest BCUT2D eigenvalue weighted by molar-refractivity contribution is 0.0513. The van der Waals surface area contributed by atoms with Crippen LogP contribution >= 0.6 is 0 Å². The molecule has 0 aliphatic carbocycles. The van der Waals surface area contributed by atoms with Crippen LogP contribution in [0.3, 0.4) is 0 Å². The SMILES string of the molecule is COCOc1cc(-n2nccn2)cnc1-c1cnc(N2CCN(C(=O)O)[C@@H](C(C)C)C2)nn1. The van der Waals surface area contributed by atoms with Crippen LogP contribution in [0.15, 0.2) is 30.9 Å². The van der Waals surface area contributed by atoms with Gasteiger partial charge in [-0.3, -0.25) is 0 Å². The average molecular weight is 455 g/mol. The van der Waals surface area contributed by atoms with Crippen molar-refractivity contribution >= 4 is 12.0 Å². The van der Waals surface area contributed by atoms with Crippen molar-refractivity contribution < 1.29 is 19.4 Å². The van der Waals surface area contributed by atoms with Gasteiger partial charge in [-0.1, -0.05) is 13.8 Å². The van der Waals surface area contributed by atoms with Crippen molar-refractivity contribution in [3.63, 3.8) is 0 Å². The summed E-state index contributed by atoms with van der Waals surface area (Å²) in [5, 5.41) is 26.3. The molecule has 1 saturated heterocycles. The van der Waals surface area contributed by atoms with Gasteiger partial charge in [0.15, 0.2) is 12.5 Å². The lowest BCUT2D eigenvalue weighted by Gasteiger charge is -2.41. The summed E-state index contributed by atoms with van der Waals surface area (Å²) < 4.78 is 10.7. The lowest BCUT2D eigenvalue weighted by atomic mass is 10.0. The minimum Gasteiger partial charge on any atom is -0.465 e. The highest BCUT2D eigenvalue weighted by Crippen LogP contribution is 2.28. The molecule has 1 N–H and O–H groups in total. The molecular weight excluding hydrogens is 430 g/mol. The number of aromatic nitrogens is 7. The number of nitrogens with zero attached hydrogens (tertiary/aromatic N) is 9. The molecule has 1 atom stereocenters. The molecule has 0 bridgehead atoms. The summed E-state index contributed by atoms with van der Waals surface area (Å²) in [5.41, 5.74) is 1.49. The van der Waals surface area contributed by atoms with Crippen molar-refractivity contribution in [1.82, 2.24) is 40.1 Å². The highest BCUT2D eigenvalue weighted by atomic mass is 16.7. The fraction of sp³-hybridized carbons (Fsp3) is 0.450. The van der Waals surface area contributed by atoms with Crippen molar-refractivity contribution in [2.24, 2.45) is 5.92 Å². The van der Waals surface area contributed by atoms with Gasteiger partial charge in [0.2, 0.25) is 5.95 Å². The highest BCUT2D eigenvalue weighted by Gasteiger charge is 2.33. The monoisotopic (exact) mass is 455 g/mol. The standard InChI is InChI=1S/C20H25N9O4/c1-13(2)16-11-27(6-7-28(16)20(30)31)19-22-10-15(25-26-19)18-17(33-12-32-3)8-14(9-21-18)29-23-4-5-24-29/h4-5,8-10,13,16H,6-7,11-12H2,1-3H3,(H,30,31)/t16-/m1/s1. The molecular formula is C20H25N9O4. The maximum atomic E-state index is 11.5. The van der Waals surface area contributed by atoms with Crippen LogP contribution < -0.4 is 9.64 Å². The fourth-order valence-corrected chi connectivity index (χ4v) is 3.64. The normalized spacial score (nSPS) is 16.3. The molecule has 33 heavy (non-hydrogen) atoms. The number of amides is 1. The Bertz CT molecular complexity index is 1080. The van der Waals surface area contributed by atoms with E-state index in [9.17, 15) is 9.90 Å². The molecule has 1 fully saturated rings. The Morgan fingerprint density at radius 2 is 1.97 bits per heavy atom. The van der Waals surface area contributed by atoms with E-state index in [1.807, 2.05) is 18.7 Å². The first-order valence-corrected chi connectivity index (χ1v) is 10.4. The molecule has 13 nitrogen and oxygen atoms in total. The smallest absolute Gasteiger partial charge is 0.407 e. The lowest BCUT2D eigenvalue weighted by Crippen LogP contribution is -2.57. The second kappa shape index (κ2) is 9.73. The van der Waals surface area contributed by atoms with E-state index in [4.69, 9.17) is 9.47 Å². The van der Waals surface area contributed by atoms with Gasteiger partial charge in [-0.15, -0.1) is 15.0 Å². The molecule has 1 amide bonds. The van der Waals surface area contributed by atoms with Gasteiger partial charge >= 0.3 is 6.09 Å². The third kappa shape index (κ3) is 4.82. The van der Waals surface area contributed by atoms with Crippen LogP contribution in [0.1, 0.15) is 13.8 Å². The first-order valence-electron chi connectivity index (χ1n) is 10.4. The number of methoxy groups -OCH3 is 1. The minimum atomic E-state index is -0.911. The Labute approximate surface area is 190 Å². The maximum Gasteiger partial charge on any atom is 0.407 e. The van der Waals surface area contributed by atoms with Gasteiger partial charge in [-0.05, 0) is 5.92 Å². The van der Waals surface area contributed by atoms with Crippen molar-refractivity contribution in [3.8, 4) is 22.8 Å². The van der Waals surface area contributed by atoms with Gasteiger partial charge < -0.3 is 24.4 Å². The second-order valence-electron chi connectivity index (χ2n) is 7.79. The zero-order valence-electron chi connectivity index (χ0n) is 18.6. The molecule has 174 valence electrons. The van der Waals surface area contributed by atoms with Crippen molar-refractivity contribution in [2.75, 3.05) is 38.4 Å². The van der Waals surface area contributed by atoms with Gasteiger partial charge in [0, 0.05) is 32.8 Å². The van der Waals surface area contributed by atoms with Crippen LogP contribution in [0.4, 0.5) is 10.7 Å². The number of pyridine rings is 1. The predicted molar refractivity (Wildman–Crippen MR) is 116 cm³/mol. The van der Waals surface area contributed by atoms with E-state index >= 15 is 0 Å². The number of ether oxygens (including phenoxy) is 2. The third-order valence-corrected chi connectivity index (χ3v) is 5.33. The summed E-state index contributed by atoms with van der Waals surface area (Å²) in [7, 11) is 1.52. The molecule has 0 aromatic carbocycles. The number of carbonyl (C=O) groups is 1. The Balaban J connectivity index is 1.57. The van der Waals surface area contributed by atoms with E-state index in [-0.39, 0.29) is 18.8 Å². The van der Waals surface area contributed by atoms with Gasteiger partial charge in [0.25, 0.3) is 0 Å². The largest absolute Gasteiger partial charge is 0.465 e. The van der Waals surface area contributed by atoms with Crippen LogP contribution in [0.2, 0.25) is 0 Å². The van der Waals surface area contributed by atoms with Gasteiger partial charge in [-0.2, -0.15) is 10.2 Å². The minimum absolute atomic E-state index is 0.0219. The van der Waals surface area contributed by atoms with Gasteiger partial charge in [0.05, 0.1) is 30.8 Å². The number of anilines is 1. The number of carboxylic acid groups (broad SMARTS) is 1. The summed E-state index contributed by atoms with van der Waals surface area (Å²) in [4.78, 5) is 25.3. The molecule has 13 heteroatoms. The zero-order valence-corrected chi connectivity index (χ0v) is 18.6. The van der Waals surface area contributed by atoms with E-state index < -0.39 is 6.09 Å². The number of hydrogen-bond donors (Lipinski definition) is 1. The molecule has 0 radical (unpaired) electrons.